The molecule has 0 aliphatic carbocycles. The van der Waals surface area contributed by atoms with Gasteiger partial charge in [0.15, 0.2) is 0 Å². The summed E-state index contributed by atoms with van der Waals surface area (Å²) in [5, 5.41) is 13.4. The first-order valence-electron chi connectivity index (χ1n) is 5.16. The van der Waals surface area contributed by atoms with Crippen LogP contribution in [0, 0.1) is 0 Å². The van der Waals surface area contributed by atoms with Crippen molar-refractivity contribution in [3.8, 4) is 0 Å². The number of pyridine rings is 1. The zero-order valence-electron chi connectivity index (χ0n) is 9.18. The first-order chi connectivity index (χ1) is 8.16. The van der Waals surface area contributed by atoms with E-state index in [0.717, 1.165) is 10.8 Å². The molecular formula is C13H12N2O2. The lowest BCUT2D eigenvalue weighted by Crippen LogP contribution is -2.20. The summed E-state index contributed by atoms with van der Waals surface area (Å²) in [5.74, 6) is -0.924. The Morgan fingerprint density at radius 3 is 2.76 bits per heavy atom. The second kappa shape index (κ2) is 4.65. The van der Waals surface area contributed by atoms with Gasteiger partial charge in [-0.2, -0.15) is 0 Å². The van der Waals surface area contributed by atoms with E-state index < -0.39 is 5.97 Å². The molecule has 2 rings (SSSR count). The number of carbonyl (C=O) groups is 1. The summed E-state index contributed by atoms with van der Waals surface area (Å²) >= 11 is 0. The molecule has 17 heavy (non-hydrogen) atoms. The van der Waals surface area contributed by atoms with E-state index in [1.54, 1.807) is 6.20 Å². The molecule has 1 heterocycles. The van der Waals surface area contributed by atoms with Crippen molar-refractivity contribution in [1.82, 2.24) is 10.3 Å². The second-order valence-electron chi connectivity index (χ2n) is 3.64. The Kier molecular flexibility index (Phi) is 3.05. The predicted molar refractivity (Wildman–Crippen MR) is 66.4 cm³/mol. The Morgan fingerprint density at radius 1 is 1.35 bits per heavy atom. The summed E-state index contributed by atoms with van der Waals surface area (Å²) in [5.41, 5.74) is 1.17. The molecule has 0 radical (unpaired) electrons. The van der Waals surface area contributed by atoms with Crippen LogP contribution in [-0.2, 0) is 4.79 Å². The zero-order chi connectivity index (χ0) is 12.3. The van der Waals surface area contributed by atoms with Gasteiger partial charge in [-0.3, -0.25) is 9.78 Å². The van der Waals surface area contributed by atoms with E-state index in [0.29, 0.717) is 11.4 Å². The van der Waals surface area contributed by atoms with Crippen molar-refractivity contribution in [2.24, 2.45) is 0 Å². The zero-order valence-corrected chi connectivity index (χ0v) is 9.18. The number of nitrogens with zero attached hydrogens (tertiary/aromatic N) is 1. The van der Waals surface area contributed by atoms with Crippen LogP contribution in [0.25, 0.3) is 16.5 Å². The largest absolute Gasteiger partial charge is 0.480 e. The van der Waals surface area contributed by atoms with Gasteiger partial charge in [-0.15, -0.1) is 0 Å². The Hall–Kier alpha value is -2.36. The standard InChI is InChI=1S/C13H12N2O2/c1-9(14-8-13(16)17)12-6-10-4-2-3-5-11(10)7-15-12/h2-7,14H,1,8H2,(H,16,17). The molecular weight excluding hydrogens is 216 g/mol. The van der Waals surface area contributed by atoms with Gasteiger partial charge in [0.05, 0.1) is 11.4 Å². The lowest BCUT2D eigenvalue weighted by atomic mass is 10.1. The van der Waals surface area contributed by atoms with Crippen LogP contribution in [0.4, 0.5) is 0 Å². The highest BCUT2D eigenvalue weighted by atomic mass is 16.4. The molecule has 0 saturated heterocycles. The van der Waals surface area contributed by atoms with E-state index in [4.69, 9.17) is 5.11 Å². The number of aromatic nitrogens is 1. The van der Waals surface area contributed by atoms with Crippen molar-refractivity contribution in [1.29, 1.82) is 0 Å². The van der Waals surface area contributed by atoms with E-state index in [9.17, 15) is 4.79 Å². The Balaban J connectivity index is 2.24. The van der Waals surface area contributed by atoms with Crippen LogP contribution in [-0.4, -0.2) is 22.6 Å². The summed E-state index contributed by atoms with van der Waals surface area (Å²) < 4.78 is 0. The van der Waals surface area contributed by atoms with Crippen LogP contribution in [0.15, 0.2) is 43.1 Å². The van der Waals surface area contributed by atoms with Gasteiger partial charge in [-0.05, 0) is 11.5 Å². The molecule has 0 amide bonds. The number of carboxylic acid groups (broad SMARTS) is 1. The predicted octanol–water partition coefficient (Wildman–Crippen LogP) is 1.88. The molecule has 0 atom stereocenters. The molecule has 1 aromatic heterocycles. The van der Waals surface area contributed by atoms with E-state index >= 15 is 0 Å². The van der Waals surface area contributed by atoms with Crippen LogP contribution in [0.5, 0.6) is 0 Å². The number of nitrogens with one attached hydrogen (secondary N) is 1. The second-order valence-corrected chi connectivity index (χ2v) is 3.64. The molecule has 86 valence electrons. The molecule has 0 fully saturated rings. The molecule has 0 aliphatic heterocycles. The highest BCUT2D eigenvalue weighted by Gasteiger charge is 2.03. The molecule has 2 aromatic rings. The van der Waals surface area contributed by atoms with Crippen LogP contribution in [0.3, 0.4) is 0 Å². The van der Waals surface area contributed by atoms with Crippen LogP contribution in [0.1, 0.15) is 5.69 Å². The third kappa shape index (κ3) is 2.60. The number of hydrogen-bond donors (Lipinski definition) is 2. The fourth-order valence-electron chi connectivity index (χ4n) is 1.52. The third-order valence-corrected chi connectivity index (χ3v) is 2.39. The highest BCUT2D eigenvalue weighted by molar-refractivity contribution is 5.84. The Labute approximate surface area is 98.6 Å². The van der Waals surface area contributed by atoms with Crippen molar-refractivity contribution in [2.45, 2.75) is 0 Å². The topological polar surface area (TPSA) is 62.2 Å². The molecule has 0 spiro atoms. The van der Waals surface area contributed by atoms with Crippen LogP contribution >= 0.6 is 0 Å². The van der Waals surface area contributed by atoms with Gasteiger partial charge >= 0.3 is 5.97 Å². The minimum Gasteiger partial charge on any atom is -0.480 e. The molecule has 2 N–H and O–H groups in total. The summed E-state index contributed by atoms with van der Waals surface area (Å²) in [6, 6.07) is 9.72. The Morgan fingerprint density at radius 2 is 2.06 bits per heavy atom. The normalized spacial score (nSPS) is 10.1. The number of fused-ring (bicyclic) bond motifs is 1. The van der Waals surface area contributed by atoms with Crippen molar-refractivity contribution in [2.75, 3.05) is 6.54 Å². The average molecular weight is 228 g/mol. The van der Waals surface area contributed by atoms with Gasteiger partial charge in [0, 0.05) is 11.6 Å². The van der Waals surface area contributed by atoms with Gasteiger partial charge in [0.25, 0.3) is 0 Å². The quantitative estimate of drug-likeness (QED) is 0.838. The third-order valence-electron chi connectivity index (χ3n) is 2.39. The van der Waals surface area contributed by atoms with E-state index in [2.05, 4.69) is 16.9 Å². The summed E-state index contributed by atoms with van der Waals surface area (Å²) in [4.78, 5) is 14.7. The number of aliphatic carboxylic acids is 1. The average Bonchev–Trinajstić information content (AvgIpc) is 2.35. The van der Waals surface area contributed by atoms with Crippen LogP contribution in [0.2, 0.25) is 0 Å². The minimum absolute atomic E-state index is 0.159. The van der Waals surface area contributed by atoms with Gasteiger partial charge in [0.1, 0.15) is 6.54 Å². The van der Waals surface area contributed by atoms with Crippen LogP contribution < -0.4 is 5.32 Å². The molecule has 4 nitrogen and oxygen atoms in total. The fourth-order valence-corrected chi connectivity index (χ4v) is 1.52. The molecule has 0 bridgehead atoms. The van der Waals surface area contributed by atoms with Gasteiger partial charge in [0.2, 0.25) is 0 Å². The summed E-state index contributed by atoms with van der Waals surface area (Å²) in [6.07, 6.45) is 1.75. The minimum atomic E-state index is -0.924. The van der Waals surface area contributed by atoms with Gasteiger partial charge in [-0.1, -0.05) is 30.8 Å². The van der Waals surface area contributed by atoms with Gasteiger partial charge in [-0.25, -0.2) is 0 Å². The first kappa shape index (κ1) is 11.1. The lowest BCUT2D eigenvalue weighted by Gasteiger charge is -2.07. The number of rotatable bonds is 4. The molecule has 0 saturated carbocycles. The number of hydrogen-bond acceptors (Lipinski definition) is 3. The van der Waals surface area contributed by atoms with Gasteiger partial charge < -0.3 is 10.4 Å². The SMILES string of the molecule is C=C(NCC(=O)O)c1cc2ccccc2cn1. The number of benzene rings is 1. The smallest absolute Gasteiger partial charge is 0.322 e. The monoisotopic (exact) mass is 228 g/mol. The van der Waals surface area contributed by atoms with E-state index in [-0.39, 0.29) is 6.54 Å². The highest BCUT2D eigenvalue weighted by Crippen LogP contribution is 2.16. The molecule has 1 aromatic carbocycles. The van der Waals surface area contributed by atoms with E-state index in [1.165, 1.54) is 0 Å². The summed E-state index contributed by atoms with van der Waals surface area (Å²) in [7, 11) is 0. The van der Waals surface area contributed by atoms with Crippen molar-refractivity contribution in [3.63, 3.8) is 0 Å². The maximum Gasteiger partial charge on any atom is 0.322 e. The molecule has 4 heteroatoms. The van der Waals surface area contributed by atoms with Crippen molar-refractivity contribution >= 4 is 22.4 Å². The first-order valence-corrected chi connectivity index (χ1v) is 5.16. The fraction of sp³-hybridized carbons (Fsp3) is 0.0769. The maximum absolute atomic E-state index is 10.4. The molecule has 0 aliphatic rings. The van der Waals surface area contributed by atoms with Crippen molar-refractivity contribution < 1.29 is 9.90 Å². The number of carboxylic acids is 1. The molecule has 0 unspecified atom stereocenters. The van der Waals surface area contributed by atoms with Crippen molar-refractivity contribution in [3.05, 3.63) is 48.8 Å². The Bertz CT molecular complexity index is 578. The van der Waals surface area contributed by atoms with E-state index in [1.807, 2.05) is 30.3 Å². The summed E-state index contributed by atoms with van der Waals surface area (Å²) in [6.45, 7) is 3.61. The lowest BCUT2D eigenvalue weighted by molar-refractivity contribution is -0.135. The maximum atomic E-state index is 10.4.